The van der Waals surface area contributed by atoms with Crippen molar-refractivity contribution >= 4 is 28.3 Å². The maximum absolute atomic E-state index is 12.6. The van der Waals surface area contributed by atoms with Gasteiger partial charge in [-0.25, -0.2) is 4.98 Å². The summed E-state index contributed by atoms with van der Waals surface area (Å²) in [5.74, 6) is 0.706. The summed E-state index contributed by atoms with van der Waals surface area (Å²) in [6.45, 7) is 3.87. The van der Waals surface area contributed by atoms with E-state index >= 15 is 0 Å². The fourth-order valence-corrected chi connectivity index (χ4v) is 4.06. The van der Waals surface area contributed by atoms with Gasteiger partial charge in [-0.1, -0.05) is 0 Å². The molecular weight excluding hydrogens is 300 g/mol. The molecule has 0 saturated carbocycles. The Morgan fingerprint density at radius 1 is 1.36 bits per heavy atom. The topological polar surface area (TPSA) is 79.5 Å². The van der Waals surface area contributed by atoms with Crippen molar-refractivity contribution in [1.82, 2.24) is 14.8 Å². The first kappa shape index (κ1) is 15.3. The molecule has 1 aromatic rings. The zero-order chi connectivity index (χ0) is 15.7. The SMILES string of the molecule is CC(=O)N1C[C@H]2CC[C@@H](C1)N(C(=O)CCc1csc(N)n1)C2. The molecule has 3 saturated heterocycles. The minimum Gasteiger partial charge on any atom is -0.375 e. The number of carbonyl (C=O) groups is 2. The highest BCUT2D eigenvalue weighted by molar-refractivity contribution is 7.13. The average Bonchev–Trinajstić information content (AvgIpc) is 2.72. The predicted molar refractivity (Wildman–Crippen MR) is 85.3 cm³/mol. The van der Waals surface area contributed by atoms with Gasteiger partial charge in [-0.2, -0.15) is 0 Å². The number of nitrogen functional groups attached to an aromatic ring is 1. The van der Waals surface area contributed by atoms with E-state index in [9.17, 15) is 9.59 Å². The van der Waals surface area contributed by atoms with Crippen LogP contribution in [0, 0.1) is 5.92 Å². The van der Waals surface area contributed by atoms with Crippen LogP contribution in [0.15, 0.2) is 5.38 Å². The van der Waals surface area contributed by atoms with Crippen LogP contribution >= 0.6 is 11.3 Å². The molecule has 4 heterocycles. The molecule has 2 amide bonds. The van der Waals surface area contributed by atoms with Crippen LogP contribution in [0.3, 0.4) is 0 Å². The molecule has 3 fully saturated rings. The zero-order valence-corrected chi connectivity index (χ0v) is 13.6. The number of aryl methyl sites for hydroxylation is 1. The molecule has 0 radical (unpaired) electrons. The smallest absolute Gasteiger partial charge is 0.223 e. The van der Waals surface area contributed by atoms with Gasteiger partial charge in [-0.15, -0.1) is 11.3 Å². The van der Waals surface area contributed by atoms with E-state index in [0.717, 1.165) is 31.6 Å². The number of amides is 2. The van der Waals surface area contributed by atoms with Gasteiger partial charge in [0.1, 0.15) is 0 Å². The first-order valence-electron chi connectivity index (χ1n) is 7.78. The molecular formula is C15H22N4O2S. The van der Waals surface area contributed by atoms with Gasteiger partial charge < -0.3 is 15.5 Å². The lowest BCUT2D eigenvalue weighted by Crippen LogP contribution is -2.47. The number of fused-ring (bicyclic) bond motifs is 4. The average molecular weight is 322 g/mol. The first-order valence-corrected chi connectivity index (χ1v) is 8.65. The molecule has 1 aromatic heterocycles. The second kappa shape index (κ2) is 6.24. The lowest BCUT2D eigenvalue weighted by molar-refractivity contribution is -0.136. The van der Waals surface area contributed by atoms with Gasteiger partial charge >= 0.3 is 0 Å². The number of rotatable bonds is 3. The Balaban J connectivity index is 1.62. The molecule has 3 aliphatic rings. The van der Waals surface area contributed by atoms with Crippen molar-refractivity contribution in [2.45, 2.75) is 38.6 Å². The van der Waals surface area contributed by atoms with Crippen LogP contribution in [0.5, 0.6) is 0 Å². The fraction of sp³-hybridized carbons (Fsp3) is 0.667. The minimum absolute atomic E-state index is 0.115. The summed E-state index contributed by atoms with van der Waals surface area (Å²) in [5.41, 5.74) is 6.51. The van der Waals surface area contributed by atoms with Crippen molar-refractivity contribution in [3.8, 4) is 0 Å². The van der Waals surface area contributed by atoms with Crippen molar-refractivity contribution in [3.63, 3.8) is 0 Å². The van der Waals surface area contributed by atoms with Crippen LogP contribution in [0.2, 0.25) is 0 Å². The maximum atomic E-state index is 12.6. The van der Waals surface area contributed by atoms with Crippen LogP contribution in [0.1, 0.15) is 31.9 Å². The molecule has 6 nitrogen and oxygen atoms in total. The molecule has 0 aromatic carbocycles. The molecule has 2 atom stereocenters. The maximum Gasteiger partial charge on any atom is 0.223 e. The van der Waals surface area contributed by atoms with Gasteiger partial charge in [-0.3, -0.25) is 9.59 Å². The third-order valence-corrected chi connectivity index (χ3v) is 5.37. The molecule has 0 aliphatic carbocycles. The van der Waals surface area contributed by atoms with Gasteiger partial charge in [-0.05, 0) is 25.2 Å². The number of piperidine rings is 1. The van der Waals surface area contributed by atoms with Gasteiger partial charge in [0.2, 0.25) is 11.8 Å². The van der Waals surface area contributed by atoms with E-state index in [1.165, 1.54) is 11.3 Å². The second-order valence-electron chi connectivity index (χ2n) is 6.24. The van der Waals surface area contributed by atoms with Gasteiger partial charge in [0.05, 0.1) is 5.69 Å². The number of nitrogens with two attached hydrogens (primary N) is 1. The zero-order valence-electron chi connectivity index (χ0n) is 12.8. The Morgan fingerprint density at radius 3 is 2.86 bits per heavy atom. The Labute approximate surface area is 134 Å². The largest absolute Gasteiger partial charge is 0.375 e. The van der Waals surface area contributed by atoms with Crippen LogP contribution in [-0.4, -0.2) is 52.3 Å². The second-order valence-corrected chi connectivity index (χ2v) is 7.13. The number of aromatic nitrogens is 1. The summed E-state index contributed by atoms with van der Waals surface area (Å²) in [6, 6.07) is 0.177. The summed E-state index contributed by atoms with van der Waals surface area (Å²) >= 11 is 1.41. The highest BCUT2D eigenvalue weighted by Crippen LogP contribution is 2.28. The normalized spacial score (nSPS) is 24.4. The Bertz CT molecular complexity index is 574. The summed E-state index contributed by atoms with van der Waals surface area (Å²) < 4.78 is 0. The van der Waals surface area contributed by atoms with Crippen LogP contribution in [0.25, 0.3) is 0 Å². The predicted octanol–water partition coefficient (Wildman–Crippen LogP) is 1.13. The highest BCUT2D eigenvalue weighted by atomic mass is 32.1. The summed E-state index contributed by atoms with van der Waals surface area (Å²) in [6.07, 6.45) is 3.22. The Hall–Kier alpha value is -1.63. The van der Waals surface area contributed by atoms with Gasteiger partial charge in [0, 0.05) is 44.4 Å². The number of hydrogen-bond donors (Lipinski definition) is 1. The van der Waals surface area contributed by atoms with Crippen LogP contribution in [-0.2, 0) is 16.0 Å². The van der Waals surface area contributed by atoms with Crippen molar-refractivity contribution < 1.29 is 9.59 Å². The number of hydrogen-bond acceptors (Lipinski definition) is 5. The van der Waals surface area contributed by atoms with Crippen LogP contribution < -0.4 is 5.73 Å². The Morgan fingerprint density at radius 2 is 2.18 bits per heavy atom. The number of thiazole rings is 1. The molecule has 0 unspecified atom stereocenters. The van der Waals surface area contributed by atoms with E-state index in [2.05, 4.69) is 4.98 Å². The van der Waals surface area contributed by atoms with E-state index in [-0.39, 0.29) is 17.9 Å². The third kappa shape index (κ3) is 3.24. The van der Waals surface area contributed by atoms with E-state index in [0.29, 0.717) is 30.4 Å². The molecule has 4 rings (SSSR count). The van der Waals surface area contributed by atoms with Crippen molar-refractivity contribution in [2.24, 2.45) is 5.92 Å². The van der Waals surface area contributed by atoms with Crippen molar-refractivity contribution in [2.75, 3.05) is 25.4 Å². The summed E-state index contributed by atoms with van der Waals surface area (Å²) in [4.78, 5) is 32.3. The quantitative estimate of drug-likeness (QED) is 0.904. The molecule has 120 valence electrons. The standard InChI is InChI=1S/C15H22N4O2S/c1-10(20)18-6-11-2-4-13(8-18)19(7-11)14(21)5-3-12-9-22-15(16)17-12/h9,11,13H,2-8H2,1H3,(H2,16,17)/t11-,13+/m1/s1. The minimum atomic E-state index is 0.115. The number of anilines is 1. The Kier molecular flexibility index (Phi) is 4.33. The lowest BCUT2D eigenvalue weighted by atomic mass is 9.94. The molecule has 3 aliphatic heterocycles. The van der Waals surface area contributed by atoms with Crippen LogP contribution in [0.4, 0.5) is 5.13 Å². The number of nitrogens with zero attached hydrogens (tertiary/aromatic N) is 3. The molecule has 2 N–H and O–H groups in total. The lowest BCUT2D eigenvalue weighted by Gasteiger charge is -2.36. The highest BCUT2D eigenvalue weighted by Gasteiger charge is 2.37. The van der Waals surface area contributed by atoms with E-state index in [1.807, 2.05) is 15.2 Å². The van der Waals surface area contributed by atoms with E-state index in [4.69, 9.17) is 5.73 Å². The molecule has 0 spiro atoms. The van der Waals surface area contributed by atoms with Gasteiger partial charge in [0.25, 0.3) is 0 Å². The monoisotopic (exact) mass is 322 g/mol. The molecule has 7 heteroatoms. The van der Waals surface area contributed by atoms with Crippen molar-refractivity contribution in [3.05, 3.63) is 11.1 Å². The van der Waals surface area contributed by atoms with E-state index < -0.39 is 0 Å². The molecule has 2 bridgehead atoms. The summed E-state index contributed by atoms with van der Waals surface area (Å²) in [5, 5.41) is 2.46. The van der Waals surface area contributed by atoms with Gasteiger partial charge in [0.15, 0.2) is 5.13 Å². The first-order chi connectivity index (χ1) is 10.5. The molecule has 22 heavy (non-hydrogen) atoms. The van der Waals surface area contributed by atoms with Crippen molar-refractivity contribution in [1.29, 1.82) is 0 Å². The third-order valence-electron chi connectivity index (χ3n) is 4.64. The fourth-order valence-electron chi connectivity index (χ4n) is 3.46. The van der Waals surface area contributed by atoms with E-state index in [1.54, 1.807) is 6.92 Å². The number of carbonyl (C=O) groups excluding carboxylic acids is 2. The summed E-state index contributed by atoms with van der Waals surface area (Å²) in [7, 11) is 0.